The van der Waals surface area contributed by atoms with E-state index in [-0.39, 0.29) is 18.0 Å². The summed E-state index contributed by atoms with van der Waals surface area (Å²) in [6, 6.07) is 6.39. The third kappa shape index (κ3) is 4.88. The average molecular weight is 248 g/mol. The van der Waals surface area contributed by atoms with E-state index in [2.05, 4.69) is 31.3 Å². The van der Waals surface area contributed by atoms with Gasteiger partial charge in [-0.2, -0.15) is 0 Å². The zero-order valence-corrected chi connectivity index (χ0v) is 11.8. The lowest BCUT2D eigenvalue weighted by Gasteiger charge is -2.16. The maximum atomic E-state index is 11.8. The Morgan fingerprint density at radius 2 is 1.94 bits per heavy atom. The largest absolute Gasteiger partial charge is 0.353 e. The van der Waals surface area contributed by atoms with Crippen molar-refractivity contribution in [2.24, 2.45) is 5.73 Å². The van der Waals surface area contributed by atoms with Crippen molar-refractivity contribution < 1.29 is 4.79 Å². The number of carbonyl (C=O) groups is 1. The molecule has 0 saturated carbocycles. The summed E-state index contributed by atoms with van der Waals surface area (Å²) in [6.45, 7) is 8.08. The van der Waals surface area contributed by atoms with Gasteiger partial charge in [-0.25, -0.2) is 0 Å². The van der Waals surface area contributed by atoms with E-state index in [9.17, 15) is 4.79 Å². The minimum atomic E-state index is 0.0615. The first-order chi connectivity index (χ1) is 8.38. The Morgan fingerprint density at radius 3 is 2.50 bits per heavy atom. The Hall–Kier alpha value is -1.35. The molecule has 3 nitrogen and oxygen atoms in total. The molecule has 0 fully saturated rings. The van der Waals surface area contributed by atoms with Gasteiger partial charge in [0.15, 0.2) is 0 Å². The molecule has 0 aliphatic heterocycles. The second-order valence-corrected chi connectivity index (χ2v) is 5.28. The molecule has 0 spiro atoms. The van der Waals surface area contributed by atoms with Gasteiger partial charge >= 0.3 is 0 Å². The molecule has 1 rings (SSSR count). The zero-order chi connectivity index (χ0) is 13.7. The van der Waals surface area contributed by atoms with Crippen LogP contribution in [0.3, 0.4) is 0 Å². The van der Waals surface area contributed by atoms with Gasteiger partial charge in [0.25, 0.3) is 0 Å². The highest BCUT2D eigenvalue weighted by Crippen LogP contribution is 2.10. The van der Waals surface area contributed by atoms with Crippen molar-refractivity contribution in [3.63, 3.8) is 0 Å². The predicted octanol–water partition coefficient (Wildman–Crippen LogP) is 2.09. The number of nitrogens with two attached hydrogens (primary N) is 1. The van der Waals surface area contributed by atoms with Crippen molar-refractivity contribution in [2.45, 2.75) is 52.6 Å². The number of aryl methyl sites for hydroxylation is 2. The molecule has 0 aliphatic carbocycles. The summed E-state index contributed by atoms with van der Waals surface area (Å²) in [6.07, 6.45) is 1.24. The Balaban J connectivity index is 2.51. The average Bonchev–Trinajstić information content (AvgIpc) is 2.21. The summed E-state index contributed by atoms with van der Waals surface area (Å²) >= 11 is 0. The van der Waals surface area contributed by atoms with E-state index in [1.54, 1.807) is 0 Å². The minimum Gasteiger partial charge on any atom is -0.353 e. The van der Waals surface area contributed by atoms with E-state index in [1.807, 2.05) is 19.9 Å². The second kappa shape index (κ2) is 6.55. The highest BCUT2D eigenvalue weighted by Gasteiger charge is 2.10. The third-order valence-corrected chi connectivity index (χ3v) is 3.07. The molecule has 2 atom stereocenters. The normalized spacial score (nSPS) is 14.1. The standard InChI is InChI=1S/C15H24N2O/c1-10-5-6-14(7-11(10)2)9-15(18)17-13(4)8-12(3)16/h5-7,12-13H,8-9,16H2,1-4H3,(H,17,18). The molecular weight excluding hydrogens is 224 g/mol. The van der Waals surface area contributed by atoms with E-state index in [1.165, 1.54) is 11.1 Å². The van der Waals surface area contributed by atoms with E-state index < -0.39 is 0 Å². The summed E-state index contributed by atoms with van der Waals surface area (Å²) in [5, 5.41) is 2.97. The van der Waals surface area contributed by atoms with Crippen LogP contribution in [0.4, 0.5) is 0 Å². The SMILES string of the molecule is Cc1ccc(CC(=O)NC(C)CC(C)N)cc1C. The number of rotatable bonds is 5. The molecule has 100 valence electrons. The first-order valence-corrected chi connectivity index (χ1v) is 6.49. The van der Waals surface area contributed by atoms with E-state index in [0.29, 0.717) is 6.42 Å². The Labute approximate surface area is 110 Å². The monoisotopic (exact) mass is 248 g/mol. The fourth-order valence-electron chi connectivity index (χ4n) is 2.04. The molecular formula is C15H24N2O. The molecule has 0 heterocycles. The van der Waals surface area contributed by atoms with Crippen LogP contribution >= 0.6 is 0 Å². The van der Waals surface area contributed by atoms with E-state index in [4.69, 9.17) is 5.73 Å². The number of hydrogen-bond donors (Lipinski definition) is 2. The summed E-state index contributed by atoms with van der Waals surface area (Å²) in [4.78, 5) is 11.8. The van der Waals surface area contributed by atoms with Gasteiger partial charge in [0.1, 0.15) is 0 Å². The molecule has 18 heavy (non-hydrogen) atoms. The Morgan fingerprint density at radius 1 is 1.28 bits per heavy atom. The number of nitrogens with one attached hydrogen (secondary N) is 1. The third-order valence-electron chi connectivity index (χ3n) is 3.07. The highest BCUT2D eigenvalue weighted by atomic mass is 16.1. The number of hydrogen-bond acceptors (Lipinski definition) is 2. The molecule has 0 bridgehead atoms. The Kier molecular flexibility index (Phi) is 5.35. The van der Waals surface area contributed by atoms with Crippen molar-refractivity contribution in [2.75, 3.05) is 0 Å². The molecule has 2 unspecified atom stereocenters. The molecule has 3 heteroatoms. The van der Waals surface area contributed by atoms with Crippen molar-refractivity contribution in [3.8, 4) is 0 Å². The van der Waals surface area contributed by atoms with Crippen LogP contribution in [0.15, 0.2) is 18.2 Å². The number of carbonyl (C=O) groups excluding carboxylic acids is 1. The lowest BCUT2D eigenvalue weighted by atomic mass is 10.0. The first-order valence-electron chi connectivity index (χ1n) is 6.49. The van der Waals surface area contributed by atoms with Gasteiger partial charge in [-0.1, -0.05) is 18.2 Å². The quantitative estimate of drug-likeness (QED) is 0.838. The van der Waals surface area contributed by atoms with Gasteiger partial charge in [0.2, 0.25) is 5.91 Å². The molecule has 0 aliphatic rings. The smallest absolute Gasteiger partial charge is 0.224 e. The van der Waals surface area contributed by atoms with Crippen LogP contribution in [0.5, 0.6) is 0 Å². The van der Waals surface area contributed by atoms with Crippen LogP contribution in [-0.2, 0) is 11.2 Å². The molecule has 1 amide bonds. The highest BCUT2D eigenvalue weighted by molar-refractivity contribution is 5.78. The summed E-state index contributed by atoms with van der Waals surface area (Å²) in [5.74, 6) is 0.0615. The van der Waals surface area contributed by atoms with Crippen molar-refractivity contribution in [3.05, 3.63) is 34.9 Å². The van der Waals surface area contributed by atoms with E-state index >= 15 is 0 Å². The molecule has 0 radical (unpaired) electrons. The fourth-order valence-corrected chi connectivity index (χ4v) is 2.04. The van der Waals surface area contributed by atoms with Crippen molar-refractivity contribution in [1.29, 1.82) is 0 Å². The maximum absolute atomic E-state index is 11.8. The number of amides is 1. The maximum Gasteiger partial charge on any atom is 0.224 e. The van der Waals surface area contributed by atoms with Crippen LogP contribution < -0.4 is 11.1 Å². The van der Waals surface area contributed by atoms with Gasteiger partial charge in [-0.15, -0.1) is 0 Å². The summed E-state index contributed by atoms with van der Waals surface area (Å²) < 4.78 is 0. The van der Waals surface area contributed by atoms with Crippen LogP contribution in [-0.4, -0.2) is 18.0 Å². The lowest BCUT2D eigenvalue weighted by Crippen LogP contribution is -2.37. The molecule has 1 aromatic carbocycles. The molecule has 1 aromatic rings. The fraction of sp³-hybridized carbons (Fsp3) is 0.533. The summed E-state index contributed by atoms with van der Waals surface area (Å²) in [5.41, 5.74) is 9.25. The van der Waals surface area contributed by atoms with Gasteiger partial charge in [0, 0.05) is 12.1 Å². The van der Waals surface area contributed by atoms with Crippen molar-refractivity contribution in [1.82, 2.24) is 5.32 Å². The Bertz CT molecular complexity index is 413. The topological polar surface area (TPSA) is 55.1 Å². The molecule has 0 aromatic heterocycles. The van der Waals surface area contributed by atoms with Crippen LogP contribution in [0, 0.1) is 13.8 Å². The van der Waals surface area contributed by atoms with Gasteiger partial charge in [-0.05, 0) is 50.8 Å². The van der Waals surface area contributed by atoms with Crippen LogP contribution in [0.2, 0.25) is 0 Å². The number of benzene rings is 1. The van der Waals surface area contributed by atoms with Crippen LogP contribution in [0.25, 0.3) is 0 Å². The van der Waals surface area contributed by atoms with Crippen LogP contribution in [0.1, 0.15) is 37.0 Å². The lowest BCUT2D eigenvalue weighted by molar-refractivity contribution is -0.121. The first kappa shape index (κ1) is 14.7. The minimum absolute atomic E-state index is 0.0615. The van der Waals surface area contributed by atoms with Gasteiger partial charge < -0.3 is 11.1 Å². The van der Waals surface area contributed by atoms with E-state index in [0.717, 1.165) is 12.0 Å². The van der Waals surface area contributed by atoms with Gasteiger partial charge in [-0.3, -0.25) is 4.79 Å². The van der Waals surface area contributed by atoms with Crippen molar-refractivity contribution >= 4 is 5.91 Å². The predicted molar refractivity (Wildman–Crippen MR) is 75.5 cm³/mol. The second-order valence-electron chi connectivity index (χ2n) is 5.28. The molecule has 3 N–H and O–H groups in total. The summed E-state index contributed by atoms with van der Waals surface area (Å²) in [7, 11) is 0. The van der Waals surface area contributed by atoms with Gasteiger partial charge in [0.05, 0.1) is 6.42 Å². The zero-order valence-electron chi connectivity index (χ0n) is 11.8. The molecule has 0 saturated heterocycles.